The number of rotatable bonds is 3. The molecule has 1 aliphatic heterocycles. The van der Waals surface area contributed by atoms with Crippen molar-refractivity contribution in [3.63, 3.8) is 0 Å². The van der Waals surface area contributed by atoms with Gasteiger partial charge < -0.3 is 14.8 Å². The van der Waals surface area contributed by atoms with Crippen LogP contribution in [-0.2, 0) is 0 Å². The Morgan fingerprint density at radius 3 is 2.73 bits per heavy atom. The van der Waals surface area contributed by atoms with Gasteiger partial charge in [-0.1, -0.05) is 29.8 Å². The zero-order valence-electron chi connectivity index (χ0n) is 12.8. The van der Waals surface area contributed by atoms with E-state index in [1.807, 2.05) is 56.3 Å². The number of amides is 1. The molecule has 1 N–H and O–H groups in total. The van der Waals surface area contributed by atoms with Gasteiger partial charge in [0.1, 0.15) is 12.7 Å². The summed E-state index contributed by atoms with van der Waals surface area (Å²) in [5.74, 6) is 1.39. The number of fused-ring (bicyclic) bond motifs is 1. The molecule has 22 heavy (non-hydrogen) atoms. The number of para-hydroxylation sites is 2. The summed E-state index contributed by atoms with van der Waals surface area (Å²) in [5.41, 5.74) is 2.82. The third kappa shape index (κ3) is 3.06. The molecule has 0 unspecified atom stereocenters. The van der Waals surface area contributed by atoms with E-state index in [0.29, 0.717) is 18.7 Å². The zero-order chi connectivity index (χ0) is 15.5. The van der Waals surface area contributed by atoms with Crippen LogP contribution in [0.5, 0.6) is 11.5 Å². The van der Waals surface area contributed by atoms with Crippen LogP contribution in [0.3, 0.4) is 0 Å². The second kappa shape index (κ2) is 6.10. The van der Waals surface area contributed by atoms with Crippen molar-refractivity contribution in [2.24, 2.45) is 0 Å². The van der Waals surface area contributed by atoms with Crippen LogP contribution in [0, 0.1) is 13.8 Å². The van der Waals surface area contributed by atoms with E-state index in [9.17, 15) is 4.79 Å². The first-order chi connectivity index (χ1) is 10.6. The Labute approximate surface area is 130 Å². The lowest BCUT2D eigenvalue weighted by molar-refractivity contribution is 0.0789. The maximum atomic E-state index is 12.3. The average molecular weight is 297 g/mol. The van der Waals surface area contributed by atoms with Crippen molar-refractivity contribution in [3.05, 3.63) is 59.2 Å². The molecule has 1 aliphatic rings. The van der Waals surface area contributed by atoms with Crippen molar-refractivity contribution in [3.8, 4) is 11.5 Å². The summed E-state index contributed by atoms with van der Waals surface area (Å²) in [4.78, 5) is 12.3. The van der Waals surface area contributed by atoms with Gasteiger partial charge in [0.25, 0.3) is 5.91 Å². The fourth-order valence-corrected chi connectivity index (χ4v) is 2.53. The third-order valence-electron chi connectivity index (χ3n) is 3.68. The van der Waals surface area contributed by atoms with Crippen molar-refractivity contribution in [2.45, 2.75) is 20.0 Å². The minimum absolute atomic E-state index is 0.0834. The Balaban J connectivity index is 1.60. The van der Waals surface area contributed by atoms with Crippen LogP contribution in [0.25, 0.3) is 0 Å². The number of hydrogen-bond donors (Lipinski definition) is 1. The maximum absolute atomic E-state index is 12.3. The summed E-state index contributed by atoms with van der Waals surface area (Å²) >= 11 is 0. The summed E-state index contributed by atoms with van der Waals surface area (Å²) in [6.45, 7) is 4.81. The van der Waals surface area contributed by atoms with Crippen LogP contribution < -0.4 is 14.8 Å². The lowest BCUT2D eigenvalue weighted by Crippen LogP contribution is -2.40. The number of ether oxygens (including phenoxy) is 2. The number of aryl methyl sites for hydroxylation is 2. The zero-order valence-corrected chi connectivity index (χ0v) is 12.8. The summed E-state index contributed by atoms with van der Waals surface area (Å²) < 4.78 is 11.5. The Morgan fingerprint density at radius 2 is 1.95 bits per heavy atom. The molecule has 3 rings (SSSR count). The summed E-state index contributed by atoms with van der Waals surface area (Å²) in [5, 5.41) is 2.92. The van der Waals surface area contributed by atoms with Gasteiger partial charge in [0.2, 0.25) is 0 Å². The smallest absolute Gasteiger partial charge is 0.251 e. The molecular formula is C18H19NO3. The first-order valence-electron chi connectivity index (χ1n) is 7.37. The number of carbonyl (C=O) groups is 1. The van der Waals surface area contributed by atoms with Gasteiger partial charge >= 0.3 is 0 Å². The Morgan fingerprint density at radius 1 is 1.18 bits per heavy atom. The van der Waals surface area contributed by atoms with Gasteiger partial charge in [0.15, 0.2) is 11.5 Å². The van der Waals surface area contributed by atoms with E-state index < -0.39 is 0 Å². The monoisotopic (exact) mass is 297 g/mol. The fourth-order valence-electron chi connectivity index (χ4n) is 2.53. The highest BCUT2D eigenvalue weighted by atomic mass is 16.6. The van der Waals surface area contributed by atoms with Crippen LogP contribution in [0.1, 0.15) is 21.5 Å². The second-order valence-electron chi connectivity index (χ2n) is 5.53. The van der Waals surface area contributed by atoms with E-state index in [4.69, 9.17) is 9.47 Å². The highest BCUT2D eigenvalue weighted by Gasteiger charge is 2.21. The van der Waals surface area contributed by atoms with E-state index in [1.165, 1.54) is 0 Å². The Bertz CT molecular complexity index is 696. The minimum Gasteiger partial charge on any atom is -0.486 e. The van der Waals surface area contributed by atoms with Crippen LogP contribution in [0.2, 0.25) is 0 Å². The highest BCUT2D eigenvalue weighted by Crippen LogP contribution is 2.30. The number of hydrogen-bond acceptors (Lipinski definition) is 3. The molecule has 0 spiro atoms. The van der Waals surface area contributed by atoms with Crippen molar-refractivity contribution in [1.82, 2.24) is 5.32 Å². The highest BCUT2D eigenvalue weighted by molar-refractivity contribution is 5.95. The quantitative estimate of drug-likeness (QED) is 0.947. The Kier molecular flexibility index (Phi) is 4.00. The second-order valence-corrected chi connectivity index (χ2v) is 5.53. The van der Waals surface area contributed by atoms with Crippen LogP contribution in [0.15, 0.2) is 42.5 Å². The molecule has 0 saturated carbocycles. The predicted molar refractivity (Wildman–Crippen MR) is 84.6 cm³/mol. The van der Waals surface area contributed by atoms with Crippen molar-refractivity contribution < 1.29 is 14.3 Å². The van der Waals surface area contributed by atoms with Crippen molar-refractivity contribution >= 4 is 5.91 Å². The molecule has 0 aliphatic carbocycles. The van der Waals surface area contributed by atoms with Gasteiger partial charge in [0.05, 0.1) is 6.54 Å². The van der Waals surface area contributed by atoms with E-state index in [1.54, 1.807) is 0 Å². The van der Waals surface area contributed by atoms with Crippen molar-refractivity contribution in [2.75, 3.05) is 13.2 Å². The van der Waals surface area contributed by atoms with E-state index >= 15 is 0 Å². The molecule has 114 valence electrons. The van der Waals surface area contributed by atoms with Gasteiger partial charge in [-0.15, -0.1) is 0 Å². The summed E-state index contributed by atoms with van der Waals surface area (Å²) in [6.07, 6.45) is -0.176. The van der Waals surface area contributed by atoms with Gasteiger partial charge in [0, 0.05) is 5.56 Å². The molecule has 1 amide bonds. The molecule has 0 fully saturated rings. The molecule has 0 saturated heterocycles. The maximum Gasteiger partial charge on any atom is 0.251 e. The molecule has 1 heterocycles. The lowest BCUT2D eigenvalue weighted by Gasteiger charge is -2.26. The number of benzene rings is 2. The first kappa shape index (κ1) is 14.4. The fraction of sp³-hybridized carbons (Fsp3) is 0.278. The van der Waals surface area contributed by atoms with E-state index in [-0.39, 0.29) is 12.0 Å². The molecule has 4 heteroatoms. The molecule has 0 bridgehead atoms. The molecule has 2 aromatic rings. The standard InChI is InChI=1S/C18H19NO3/c1-12-7-8-15(13(2)9-12)18(20)19-10-14-11-21-16-5-3-4-6-17(16)22-14/h3-9,14H,10-11H2,1-2H3,(H,19,20)/t14-/m0/s1. The van der Waals surface area contributed by atoms with E-state index in [0.717, 1.165) is 22.6 Å². The van der Waals surface area contributed by atoms with E-state index in [2.05, 4.69) is 5.32 Å². The topological polar surface area (TPSA) is 47.6 Å². The number of nitrogens with one attached hydrogen (secondary N) is 1. The number of carbonyl (C=O) groups excluding carboxylic acids is 1. The normalized spacial score (nSPS) is 16.2. The summed E-state index contributed by atoms with van der Waals surface area (Å²) in [6, 6.07) is 13.4. The van der Waals surface area contributed by atoms with Crippen molar-refractivity contribution in [1.29, 1.82) is 0 Å². The molecular weight excluding hydrogens is 278 g/mol. The molecule has 0 aromatic heterocycles. The molecule has 1 atom stereocenters. The molecule has 0 radical (unpaired) electrons. The summed E-state index contributed by atoms with van der Waals surface area (Å²) in [7, 11) is 0. The minimum atomic E-state index is -0.176. The predicted octanol–water partition coefficient (Wildman–Crippen LogP) is 2.87. The van der Waals surface area contributed by atoms with Crippen LogP contribution >= 0.6 is 0 Å². The Hall–Kier alpha value is -2.49. The molecule has 4 nitrogen and oxygen atoms in total. The largest absolute Gasteiger partial charge is 0.486 e. The first-order valence-corrected chi connectivity index (χ1v) is 7.37. The van der Waals surface area contributed by atoms with Crippen LogP contribution in [0.4, 0.5) is 0 Å². The van der Waals surface area contributed by atoms with Gasteiger partial charge in [-0.3, -0.25) is 4.79 Å². The van der Waals surface area contributed by atoms with Gasteiger partial charge in [-0.2, -0.15) is 0 Å². The van der Waals surface area contributed by atoms with Crippen LogP contribution in [-0.4, -0.2) is 25.2 Å². The SMILES string of the molecule is Cc1ccc(C(=O)NC[C@H]2COc3ccccc3O2)c(C)c1. The van der Waals surface area contributed by atoms with Gasteiger partial charge in [-0.05, 0) is 37.6 Å². The average Bonchev–Trinajstić information content (AvgIpc) is 2.52. The third-order valence-corrected chi connectivity index (χ3v) is 3.68. The lowest BCUT2D eigenvalue weighted by atomic mass is 10.1. The van der Waals surface area contributed by atoms with Gasteiger partial charge in [-0.25, -0.2) is 0 Å². The molecule has 2 aromatic carbocycles.